The highest BCUT2D eigenvalue weighted by molar-refractivity contribution is 9.10. The third-order valence-electron chi connectivity index (χ3n) is 4.11. The molecular formula is C20H22BrNO3. The number of amides is 1. The summed E-state index contributed by atoms with van der Waals surface area (Å²) in [6, 6.07) is 14.6. The number of ether oxygens (including phenoxy) is 1. The summed E-state index contributed by atoms with van der Waals surface area (Å²) >= 11 is 3.31. The first-order valence-corrected chi connectivity index (χ1v) is 9.08. The molecule has 1 N–H and O–H groups in total. The van der Waals surface area contributed by atoms with Crippen molar-refractivity contribution in [3.05, 3.63) is 64.1 Å². The maximum Gasteiger partial charge on any atom is 0.340 e. The highest BCUT2D eigenvalue weighted by Crippen LogP contribution is 2.26. The van der Waals surface area contributed by atoms with E-state index in [0.29, 0.717) is 16.0 Å². The molecule has 0 aromatic heterocycles. The third-order valence-corrected chi connectivity index (χ3v) is 4.80. The van der Waals surface area contributed by atoms with E-state index in [2.05, 4.69) is 35.1 Å². The van der Waals surface area contributed by atoms with Crippen LogP contribution in [-0.4, -0.2) is 18.0 Å². The average molecular weight is 404 g/mol. The fraction of sp³-hybridized carbons (Fsp3) is 0.300. The van der Waals surface area contributed by atoms with Gasteiger partial charge < -0.3 is 10.1 Å². The van der Waals surface area contributed by atoms with Crippen LogP contribution in [0.2, 0.25) is 0 Å². The monoisotopic (exact) mass is 403 g/mol. The van der Waals surface area contributed by atoms with Crippen LogP contribution in [0.3, 0.4) is 0 Å². The van der Waals surface area contributed by atoms with Crippen LogP contribution >= 0.6 is 15.9 Å². The largest absolute Gasteiger partial charge is 0.449 e. The van der Waals surface area contributed by atoms with Gasteiger partial charge in [-0.2, -0.15) is 0 Å². The molecule has 0 bridgehead atoms. The van der Waals surface area contributed by atoms with Crippen molar-refractivity contribution in [2.75, 3.05) is 5.32 Å². The van der Waals surface area contributed by atoms with E-state index in [1.54, 1.807) is 25.1 Å². The maximum absolute atomic E-state index is 12.4. The highest BCUT2D eigenvalue weighted by Gasteiger charge is 2.21. The number of anilines is 1. The third kappa shape index (κ3) is 4.92. The van der Waals surface area contributed by atoms with Gasteiger partial charge in [0.2, 0.25) is 0 Å². The van der Waals surface area contributed by atoms with Gasteiger partial charge in [0.05, 0.1) is 5.56 Å². The first kappa shape index (κ1) is 19.2. The van der Waals surface area contributed by atoms with Crippen LogP contribution in [0.1, 0.15) is 49.0 Å². The second-order valence-electron chi connectivity index (χ2n) is 5.91. The molecule has 0 aliphatic heterocycles. The number of hydrogen-bond acceptors (Lipinski definition) is 3. The molecule has 0 saturated carbocycles. The van der Waals surface area contributed by atoms with E-state index >= 15 is 0 Å². The topological polar surface area (TPSA) is 55.4 Å². The summed E-state index contributed by atoms with van der Waals surface area (Å²) in [4.78, 5) is 24.6. The predicted octanol–water partition coefficient (Wildman–Crippen LogP) is 5.15. The lowest BCUT2D eigenvalue weighted by atomic mass is 9.97. The number of nitrogens with one attached hydrogen (secondary N) is 1. The van der Waals surface area contributed by atoms with E-state index in [0.717, 1.165) is 17.7 Å². The summed E-state index contributed by atoms with van der Waals surface area (Å²) < 4.78 is 5.93. The first-order valence-electron chi connectivity index (χ1n) is 8.29. The van der Waals surface area contributed by atoms with Crippen LogP contribution in [0, 0.1) is 0 Å². The lowest BCUT2D eigenvalue weighted by Crippen LogP contribution is -2.30. The lowest BCUT2D eigenvalue weighted by Gasteiger charge is -2.18. The summed E-state index contributed by atoms with van der Waals surface area (Å²) in [5, 5.41) is 2.87. The maximum atomic E-state index is 12.4. The molecule has 0 unspecified atom stereocenters. The molecule has 2 atom stereocenters. The molecule has 0 spiro atoms. The molecular weight excluding hydrogens is 382 g/mol. The SMILES string of the molecule is CC[C@H](C)c1ccccc1NC(=O)[C@H](C)OC(=O)c1ccccc1Br. The number of esters is 1. The normalized spacial score (nSPS) is 13.0. The summed E-state index contributed by atoms with van der Waals surface area (Å²) in [5.41, 5.74) is 2.22. The van der Waals surface area contributed by atoms with Crippen molar-refractivity contribution in [3.63, 3.8) is 0 Å². The number of carbonyl (C=O) groups is 2. The van der Waals surface area contributed by atoms with Gasteiger partial charge in [0.15, 0.2) is 6.10 Å². The van der Waals surface area contributed by atoms with Gasteiger partial charge in [-0.3, -0.25) is 4.79 Å². The summed E-state index contributed by atoms with van der Waals surface area (Å²) in [5.74, 6) is -0.559. The van der Waals surface area contributed by atoms with Crippen LogP contribution in [0.15, 0.2) is 53.0 Å². The molecule has 2 aromatic rings. The van der Waals surface area contributed by atoms with E-state index < -0.39 is 12.1 Å². The molecule has 0 radical (unpaired) electrons. The summed E-state index contributed by atoms with van der Waals surface area (Å²) in [6.07, 6.45) is 0.0732. The Hall–Kier alpha value is -2.14. The average Bonchev–Trinajstić information content (AvgIpc) is 2.61. The van der Waals surface area contributed by atoms with E-state index in [4.69, 9.17) is 4.74 Å². The van der Waals surface area contributed by atoms with Crippen molar-refractivity contribution < 1.29 is 14.3 Å². The molecule has 1 amide bonds. The number of carbonyl (C=O) groups excluding carboxylic acids is 2. The van der Waals surface area contributed by atoms with Crippen LogP contribution in [0.5, 0.6) is 0 Å². The van der Waals surface area contributed by atoms with Crippen molar-refractivity contribution in [3.8, 4) is 0 Å². The molecule has 0 fully saturated rings. The van der Waals surface area contributed by atoms with Crippen LogP contribution in [0.25, 0.3) is 0 Å². The second-order valence-corrected chi connectivity index (χ2v) is 6.77. The molecule has 0 heterocycles. The van der Waals surface area contributed by atoms with Gasteiger partial charge in [0, 0.05) is 10.2 Å². The minimum absolute atomic E-state index is 0.328. The van der Waals surface area contributed by atoms with Gasteiger partial charge >= 0.3 is 5.97 Å². The van der Waals surface area contributed by atoms with Crippen LogP contribution in [0.4, 0.5) is 5.69 Å². The standard InChI is InChI=1S/C20H22BrNO3/c1-4-13(2)15-9-6-8-12-18(15)22-19(23)14(3)25-20(24)16-10-5-7-11-17(16)21/h5-14H,4H2,1-3H3,(H,22,23)/t13-,14-/m0/s1. The Labute approximate surface area is 156 Å². The molecule has 2 rings (SSSR count). The predicted molar refractivity (Wildman–Crippen MR) is 103 cm³/mol. The van der Waals surface area contributed by atoms with Crippen LogP contribution < -0.4 is 5.32 Å². The first-order chi connectivity index (χ1) is 11.9. The summed E-state index contributed by atoms with van der Waals surface area (Å²) in [7, 11) is 0. The van der Waals surface area contributed by atoms with E-state index in [1.807, 2.05) is 30.3 Å². The van der Waals surface area contributed by atoms with E-state index in [1.165, 1.54) is 0 Å². The van der Waals surface area contributed by atoms with Crippen molar-refractivity contribution >= 4 is 33.5 Å². The number of para-hydroxylation sites is 1. The number of benzene rings is 2. The molecule has 5 heteroatoms. The van der Waals surface area contributed by atoms with E-state index in [9.17, 15) is 9.59 Å². The van der Waals surface area contributed by atoms with Gasteiger partial charge in [-0.05, 0) is 59.0 Å². The van der Waals surface area contributed by atoms with Crippen molar-refractivity contribution in [1.29, 1.82) is 0 Å². The minimum Gasteiger partial charge on any atom is -0.449 e. The Kier molecular flexibility index (Phi) is 6.76. The van der Waals surface area contributed by atoms with Gasteiger partial charge in [-0.1, -0.05) is 44.2 Å². The van der Waals surface area contributed by atoms with E-state index in [-0.39, 0.29) is 5.91 Å². The van der Waals surface area contributed by atoms with Crippen molar-refractivity contribution in [1.82, 2.24) is 0 Å². The zero-order valence-electron chi connectivity index (χ0n) is 14.6. The smallest absolute Gasteiger partial charge is 0.340 e. The van der Waals surface area contributed by atoms with Gasteiger partial charge in [0.1, 0.15) is 0 Å². The highest BCUT2D eigenvalue weighted by atomic mass is 79.9. The fourth-order valence-corrected chi connectivity index (χ4v) is 2.85. The van der Waals surface area contributed by atoms with Crippen LogP contribution in [-0.2, 0) is 9.53 Å². The molecule has 25 heavy (non-hydrogen) atoms. The van der Waals surface area contributed by atoms with Gasteiger partial charge in [-0.15, -0.1) is 0 Å². The zero-order valence-corrected chi connectivity index (χ0v) is 16.2. The van der Waals surface area contributed by atoms with Crippen molar-refractivity contribution in [2.24, 2.45) is 0 Å². The Balaban J connectivity index is 2.06. The van der Waals surface area contributed by atoms with Crippen molar-refractivity contribution in [2.45, 2.75) is 39.2 Å². The summed E-state index contributed by atoms with van der Waals surface area (Å²) in [6.45, 7) is 5.78. The van der Waals surface area contributed by atoms with Gasteiger partial charge in [-0.25, -0.2) is 4.79 Å². The molecule has 2 aromatic carbocycles. The Bertz CT molecular complexity index is 760. The molecule has 4 nitrogen and oxygen atoms in total. The van der Waals surface area contributed by atoms with Gasteiger partial charge in [0.25, 0.3) is 5.91 Å². The molecule has 0 aliphatic carbocycles. The molecule has 132 valence electrons. The quantitative estimate of drug-likeness (QED) is 0.678. The minimum atomic E-state index is -0.899. The molecule has 0 aliphatic rings. The number of halogens is 1. The Morgan fingerprint density at radius 1 is 1.08 bits per heavy atom. The lowest BCUT2D eigenvalue weighted by molar-refractivity contribution is -0.123. The Morgan fingerprint density at radius 2 is 1.72 bits per heavy atom. The fourth-order valence-electron chi connectivity index (χ4n) is 2.40. The second kappa shape index (κ2) is 8.81. The number of rotatable bonds is 6. The molecule has 0 saturated heterocycles. The Morgan fingerprint density at radius 3 is 2.40 bits per heavy atom. The number of hydrogen-bond donors (Lipinski definition) is 1. The zero-order chi connectivity index (χ0) is 18.4.